The average Bonchev–Trinajstić information content (AvgIpc) is 3.47. The molecule has 224 valence electrons. The Balaban J connectivity index is 1.71. The Bertz CT molecular complexity index is 1530. The summed E-state index contributed by atoms with van der Waals surface area (Å²) in [5.74, 6) is 0. The van der Waals surface area contributed by atoms with Gasteiger partial charge in [0.1, 0.15) is 4.21 Å². The number of piperazine rings is 1. The maximum Gasteiger partial charge on any atom is 0.421 e. The predicted octanol–water partition coefficient (Wildman–Crippen LogP) is 4.50. The van der Waals surface area contributed by atoms with Gasteiger partial charge in [-0.15, -0.1) is 11.3 Å². The van der Waals surface area contributed by atoms with Crippen LogP contribution in [-0.2, 0) is 25.6 Å². The lowest BCUT2D eigenvalue weighted by Gasteiger charge is -2.44. The van der Waals surface area contributed by atoms with Crippen molar-refractivity contribution in [1.29, 1.82) is 0 Å². The van der Waals surface area contributed by atoms with Gasteiger partial charge in [0, 0.05) is 37.9 Å². The third-order valence-corrected chi connectivity index (χ3v) is 12.5. The monoisotopic (exact) mass is 631 g/mol. The summed E-state index contributed by atoms with van der Waals surface area (Å²) in [7, 11) is -7.81. The van der Waals surface area contributed by atoms with Crippen molar-refractivity contribution in [2.45, 2.75) is 53.7 Å². The molecule has 1 saturated heterocycles. The van der Waals surface area contributed by atoms with Crippen LogP contribution in [0.15, 0.2) is 81.2 Å². The molecular formula is C27H32F3N3O5S3. The molecule has 1 fully saturated rings. The molecule has 4 rings (SSSR count). The number of halogens is 3. The Morgan fingerprint density at radius 2 is 1.61 bits per heavy atom. The van der Waals surface area contributed by atoms with Crippen molar-refractivity contribution in [1.82, 2.24) is 8.61 Å². The molecular weight excluding hydrogens is 600 g/mol. The molecule has 1 aliphatic rings. The topological polar surface area (TPSA) is 98.2 Å². The molecule has 3 aromatic rings. The summed E-state index contributed by atoms with van der Waals surface area (Å²) < 4.78 is 97.0. The highest BCUT2D eigenvalue weighted by Crippen LogP contribution is 2.39. The van der Waals surface area contributed by atoms with Crippen LogP contribution in [0.3, 0.4) is 0 Å². The summed E-state index contributed by atoms with van der Waals surface area (Å²) in [6, 6.07) is 15.1. The lowest BCUT2D eigenvalue weighted by molar-refractivity contribution is -0.258. The van der Waals surface area contributed by atoms with E-state index in [-0.39, 0.29) is 40.8 Å². The van der Waals surface area contributed by atoms with Crippen molar-refractivity contribution in [2.24, 2.45) is 0 Å². The van der Waals surface area contributed by atoms with E-state index in [4.69, 9.17) is 0 Å². The fourth-order valence-corrected chi connectivity index (χ4v) is 9.05. The first-order chi connectivity index (χ1) is 19.1. The molecule has 41 heavy (non-hydrogen) atoms. The molecule has 2 atom stereocenters. The van der Waals surface area contributed by atoms with E-state index in [1.807, 2.05) is 4.90 Å². The summed E-state index contributed by atoms with van der Waals surface area (Å²) >= 11 is 1.08. The number of nitrogens with zero attached hydrogens (tertiary/aromatic N) is 3. The number of hydrogen-bond acceptors (Lipinski definition) is 7. The van der Waals surface area contributed by atoms with Crippen molar-refractivity contribution in [3.63, 3.8) is 0 Å². The number of thiophene rings is 1. The minimum Gasteiger partial charge on any atom is -0.376 e. The minimum absolute atomic E-state index is 0.0459. The average molecular weight is 632 g/mol. The maximum absolute atomic E-state index is 13.6. The molecule has 0 unspecified atom stereocenters. The molecule has 14 heteroatoms. The zero-order valence-electron chi connectivity index (χ0n) is 22.7. The molecule has 1 aromatic heterocycles. The van der Waals surface area contributed by atoms with Crippen molar-refractivity contribution in [2.75, 3.05) is 31.1 Å². The quantitative estimate of drug-likeness (QED) is 0.374. The lowest BCUT2D eigenvalue weighted by Crippen LogP contribution is -2.59. The zero-order valence-corrected chi connectivity index (χ0v) is 25.1. The van der Waals surface area contributed by atoms with Crippen LogP contribution in [0.4, 0.5) is 18.9 Å². The van der Waals surface area contributed by atoms with Crippen LogP contribution >= 0.6 is 11.3 Å². The van der Waals surface area contributed by atoms with Gasteiger partial charge < -0.3 is 10.0 Å². The molecule has 1 N–H and O–H groups in total. The minimum atomic E-state index is -4.89. The summed E-state index contributed by atoms with van der Waals surface area (Å²) in [4.78, 5) is 1.90. The molecule has 0 radical (unpaired) electrons. The zero-order chi connectivity index (χ0) is 30.2. The number of benzene rings is 2. The third kappa shape index (κ3) is 6.32. The molecule has 0 spiro atoms. The normalized spacial score (nSPS) is 19.0. The van der Waals surface area contributed by atoms with Crippen LogP contribution in [-0.4, -0.2) is 75.0 Å². The van der Waals surface area contributed by atoms with E-state index in [1.165, 1.54) is 51.1 Å². The number of rotatable bonds is 9. The van der Waals surface area contributed by atoms with Gasteiger partial charge in [-0.25, -0.2) is 16.8 Å². The number of alkyl halides is 3. The van der Waals surface area contributed by atoms with Gasteiger partial charge in [-0.1, -0.05) is 36.4 Å². The number of aliphatic hydroxyl groups is 1. The summed E-state index contributed by atoms with van der Waals surface area (Å²) in [5.41, 5.74) is -2.93. The number of sulfonamides is 2. The molecule has 2 aromatic carbocycles. The second kappa shape index (κ2) is 11.7. The van der Waals surface area contributed by atoms with Gasteiger partial charge >= 0.3 is 6.18 Å². The first-order valence-corrected chi connectivity index (χ1v) is 16.6. The molecule has 0 bridgehead atoms. The highest BCUT2D eigenvalue weighted by atomic mass is 32.2. The van der Waals surface area contributed by atoms with E-state index < -0.39 is 43.9 Å². The number of hydrogen-bond donors (Lipinski definition) is 1. The highest BCUT2D eigenvalue weighted by molar-refractivity contribution is 7.91. The van der Waals surface area contributed by atoms with Crippen LogP contribution < -0.4 is 4.90 Å². The Morgan fingerprint density at radius 1 is 0.976 bits per heavy atom. The van der Waals surface area contributed by atoms with Gasteiger partial charge in [0.05, 0.1) is 10.9 Å². The van der Waals surface area contributed by atoms with Crippen molar-refractivity contribution < 1.29 is 35.1 Å². The van der Waals surface area contributed by atoms with E-state index in [0.717, 1.165) is 11.3 Å². The fourth-order valence-electron chi connectivity index (χ4n) is 4.74. The lowest BCUT2D eigenvalue weighted by atomic mass is 9.95. The Morgan fingerprint density at radius 3 is 2.15 bits per heavy atom. The smallest absolute Gasteiger partial charge is 0.376 e. The Hall–Kier alpha value is -2.49. The first-order valence-electron chi connectivity index (χ1n) is 12.8. The van der Waals surface area contributed by atoms with Crippen molar-refractivity contribution in [3.8, 4) is 0 Å². The predicted molar refractivity (Wildman–Crippen MR) is 152 cm³/mol. The van der Waals surface area contributed by atoms with Crippen molar-refractivity contribution in [3.05, 3.63) is 77.7 Å². The Kier molecular flexibility index (Phi) is 8.94. The van der Waals surface area contributed by atoms with Gasteiger partial charge in [0.2, 0.25) is 10.0 Å². The van der Waals surface area contributed by atoms with E-state index in [0.29, 0.717) is 12.6 Å². The van der Waals surface area contributed by atoms with Gasteiger partial charge in [-0.05, 0) is 62.0 Å². The van der Waals surface area contributed by atoms with Crippen LogP contribution in [0.5, 0.6) is 0 Å². The second-order valence-electron chi connectivity index (χ2n) is 10.2. The van der Waals surface area contributed by atoms with Gasteiger partial charge in [0.15, 0.2) is 5.60 Å². The standard InChI is InChI=1S/C27H32F3N3O5S3/c1-20(2)33(40(35,36)24-8-5-4-6-9-24)19-23-18-31(41(37,38)25-10-7-17-39-25)15-16-32(23)22-13-11-21(12-14-22)26(3,34)27(28,29)30/h4-14,17,20,23,34H,15-16,18-19H2,1-3H3/t23-,26-/m1/s1. The first kappa shape index (κ1) is 31.4. The summed E-state index contributed by atoms with van der Waals surface area (Å²) in [6.07, 6.45) is -4.89. The number of anilines is 1. The molecule has 8 nitrogen and oxygen atoms in total. The van der Waals surface area contributed by atoms with E-state index in [1.54, 1.807) is 43.5 Å². The van der Waals surface area contributed by atoms with E-state index >= 15 is 0 Å². The summed E-state index contributed by atoms with van der Waals surface area (Å²) in [5, 5.41) is 11.7. The third-order valence-electron chi connectivity index (χ3n) is 7.16. The molecule has 0 aliphatic carbocycles. The van der Waals surface area contributed by atoms with Crippen molar-refractivity contribution >= 4 is 37.1 Å². The largest absolute Gasteiger partial charge is 0.421 e. The molecule has 1 aliphatic heterocycles. The van der Waals surface area contributed by atoms with Gasteiger partial charge in [0.25, 0.3) is 10.0 Å². The van der Waals surface area contributed by atoms with E-state index in [2.05, 4.69) is 0 Å². The Labute approximate surface area is 242 Å². The summed E-state index contributed by atoms with van der Waals surface area (Å²) in [6.45, 7) is 4.26. The molecule has 2 heterocycles. The van der Waals surface area contributed by atoms with Crippen LogP contribution in [0.25, 0.3) is 0 Å². The fraction of sp³-hybridized carbons (Fsp3) is 0.407. The molecule has 0 amide bonds. The van der Waals surface area contributed by atoms with Gasteiger partial charge in [-0.2, -0.15) is 21.8 Å². The van der Waals surface area contributed by atoms with Crippen LogP contribution in [0.1, 0.15) is 26.3 Å². The van der Waals surface area contributed by atoms with Crippen LogP contribution in [0, 0.1) is 0 Å². The maximum atomic E-state index is 13.6. The molecule has 0 saturated carbocycles. The SMILES string of the molecule is CC(C)N(C[C@H]1CN(S(=O)(=O)c2cccs2)CCN1c1ccc([C@@](C)(O)C(F)(F)F)cc1)S(=O)(=O)c1ccccc1. The van der Waals surface area contributed by atoms with Gasteiger partial charge in [-0.3, -0.25) is 0 Å². The van der Waals surface area contributed by atoms with E-state index in [9.17, 15) is 35.1 Å². The highest BCUT2D eigenvalue weighted by Gasteiger charge is 2.51. The van der Waals surface area contributed by atoms with Crippen LogP contribution in [0.2, 0.25) is 0 Å². The second-order valence-corrected chi connectivity index (χ2v) is 15.2.